The van der Waals surface area contributed by atoms with E-state index >= 15 is 0 Å². The van der Waals surface area contributed by atoms with Gasteiger partial charge in [-0.3, -0.25) is 14.5 Å². The molecule has 1 unspecified atom stereocenters. The Labute approximate surface area is 224 Å². The van der Waals surface area contributed by atoms with Crippen molar-refractivity contribution in [3.05, 3.63) is 75.2 Å². The fourth-order valence-electron chi connectivity index (χ4n) is 5.88. The quantitative estimate of drug-likeness (QED) is 0.520. The average molecular weight is 565 g/mol. The zero-order valence-corrected chi connectivity index (χ0v) is 22.6. The van der Waals surface area contributed by atoms with Crippen molar-refractivity contribution in [1.82, 2.24) is 0 Å². The van der Waals surface area contributed by atoms with E-state index in [0.29, 0.717) is 39.9 Å². The van der Waals surface area contributed by atoms with Gasteiger partial charge in [-0.25, -0.2) is 4.79 Å². The molecule has 192 valence electrons. The van der Waals surface area contributed by atoms with Crippen molar-refractivity contribution in [2.75, 3.05) is 35.3 Å². The van der Waals surface area contributed by atoms with E-state index in [1.807, 2.05) is 24.3 Å². The van der Waals surface area contributed by atoms with Gasteiger partial charge in [0.2, 0.25) is 5.91 Å². The van der Waals surface area contributed by atoms with Gasteiger partial charge in [0.25, 0.3) is 0 Å². The molecule has 37 heavy (non-hydrogen) atoms. The van der Waals surface area contributed by atoms with Crippen LogP contribution in [0.1, 0.15) is 38.7 Å². The van der Waals surface area contributed by atoms with Crippen molar-refractivity contribution in [2.24, 2.45) is 5.73 Å². The number of hydrogen-bond donors (Lipinski definition) is 2. The highest BCUT2D eigenvalue weighted by Crippen LogP contribution is 2.56. The van der Waals surface area contributed by atoms with Crippen molar-refractivity contribution in [3.8, 4) is 0 Å². The molecule has 0 saturated carbocycles. The first-order valence-electron chi connectivity index (χ1n) is 12.4. The maximum absolute atomic E-state index is 13.9. The molecular formula is C28H29BrN4O4. The molecule has 2 aliphatic heterocycles. The zero-order chi connectivity index (χ0) is 26.5. The van der Waals surface area contributed by atoms with E-state index in [1.165, 1.54) is 7.11 Å². The molecule has 0 fully saturated rings. The highest BCUT2D eigenvalue weighted by molar-refractivity contribution is 9.10. The number of amides is 1. The third-order valence-corrected chi connectivity index (χ3v) is 8.00. The fraction of sp³-hybridized carbons (Fsp3) is 0.321. The number of allylic oxidation sites excluding steroid dienone is 1. The zero-order valence-electron chi connectivity index (χ0n) is 21.1. The van der Waals surface area contributed by atoms with E-state index in [0.717, 1.165) is 18.8 Å². The van der Waals surface area contributed by atoms with Gasteiger partial charge >= 0.3 is 5.97 Å². The first-order valence-corrected chi connectivity index (χ1v) is 13.2. The molecule has 3 N–H and O–H groups in total. The lowest BCUT2D eigenvalue weighted by Crippen LogP contribution is -2.53. The topological polar surface area (TPSA) is 105 Å². The summed E-state index contributed by atoms with van der Waals surface area (Å²) in [7, 11) is 1.25. The standard InChI is InChI=1S/C28H29BrN4O4/c1-4-32(5-2)17-10-12-18(13-11-17)33-21-7-6-8-22(34)23(21)28(24(25(33)30)26(35)37-3)19-15-16(29)9-14-20(19)31-27(28)36/h9-15H,4-8,30H2,1-3H3,(H,31,36). The average Bonchev–Trinajstić information content (AvgIpc) is 3.16. The van der Waals surface area contributed by atoms with Crippen LogP contribution in [0.2, 0.25) is 0 Å². The fourth-order valence-corrected chi connectivity index (χ4v) is 6.24. The van der Waals surface area contributed by atoms with Crippen LogP contribution < -0.4 is 20.9 Å². The Balaban J connectivity index is 1.81. The van der Waals surface area contributed by atoms with Crippen LogP contribution in [0.25, 0.3) is 0 Å². The first-order chi connectivity index (χ1) is 17.8. The van der Waals surface area contributed by atoms with E-state index in [2.05, 4.69) is 40.0 Å². The molecule has 2 aromatic rings. The van der Waals surface area contributed by atoms with Gasteiger partial charge in [-0.1, -0.05) is 15.9 Å². The monoisotopic (exact) mass is 564 g/mol. The van der Waals surface area contributed by atoms with E-state index < -0.39 is 17.3 Å². The van der Waals surface area contributed by atoms with Crippen LogP contribution in [0.4, 0.5) is 17.1 Å². The summed E-state index contributed by atoms with van der Waals surface area (Å²) in [6, 6.07) is 13.2. The van der Waals surface area contributed by atoms with Crippen molar-refractivity contribution >= 4 is 50.7 Å². The SMILES string of the molecule is CCN(CC)c1ccc(N2C(N)=C(C(=O)OC)C3(C(=O)Nc4ccc(Br)cc43)C3=C2CCCC3=O)cc1. The first kappa shape index (κ1) is 25.1. The predicted molar refractivity (Wildman–Crippen MR) is 146 cm³/mol. The lowest BCUT2D eigenvalue weighted by Gasteiger charge is -2.44. The minimum Gasteiger partial charge on any atom is -0.466 e. The molecule has 0 radical (unpaired) electrons. The molecule has 1 amide bonds. The molecule has 3 aliphatic rings. The molecule has 2 aromatic carbocycles. The molecule has 0 bridgehead atoms. The summed E-state index contributed by atoms with van der Waals surface area (Å²) < 4.78 is 5.90. The van der Waals surface area contributed by atoms with Crippen LogP contribution in [-0.2, 0) is 24.5 Å². The Kier molecular flexibility index (Phi) is 6.35. The van der Waals surface area contributed by atoms with Crippen LogP contribution >= 0.6 is 15.9 Å². The van der Waals surface area contributed by atoms with Crippen LogP contribution in [-0.4, -0.2) is 37.9 Å². The van der Waals surface area contributed by atoms with Crippen molar-refractivity contribution < 1.29 is 19.1 Å². The van der Waals surface area contributed by atoms with Gasteiger partial charge in [0.15, 0.2) is 5.78 Å². The Morgan fingerprint density at radius 1 is 1.14 bits per heavy atom. The van der Waals surface area contributed by atoms with Crippen LogP contribution in [0.5, 0.6) is 0 Å². The number of halogens is 1. The van der Waals surface area contributed by atoms with Gasteiger partial charge < -0.3 is 20.7 Å². The van der Waals surface area contributed by atoms with Gasteiger partial charge in [-0.05, 0) is 69.2 Å². The lowest BCUT2D eigenvalue weighted by molar-refractivity contribution is -0.138. The van der Waals surface area contributed by atoms with Crippen molar-refractivity contribution in [3.63, 3.8) is 0 Å². The van der Waals surface area contributed by atoms with Crippen LogP contribution in [0.15, 0.2) is 69.6 Å². The minimum absolute atomic E-state index is 0.0498. The Bertz CT molecular complexity index is 1380. The lowest BCUT2D eigenvalue weighted by atomic mass is 9.63. The number of hydrogen-bond acceptors (Lipinski definition) is 7. The maximum Gasteiger partial charge on any atom is 0.339 e. The molecule has 0 saturated heterocycles. The summed E-state index contributed by atoms with van der Waals surface area (Å²) in [4.78, 5) is 45.0. The van der Waals surface area contributed by atoms with Gasteiger partial charge in [-0.15, -0.1) is 0 Å². The normalized spacial score (nSPS) is 20.7. The number of carbonyl (C=O) groups is 3. The number of ketones is 1. The number of nitrogens with zero attached hydrogens (tertiary/aromatic N) is 2. The Morgan fingerprint density at radius 2 is 1.84 bits per heavy atom. The number of carbonyl (C=O) groups excluding carboxylic acids is 3. The Hall–Kier alpha value is -3.59. The Morgan fingerprint density at radius 3 is 2.49 bits per heavy atom. The number of esters is 1. The summed E-state index contributed by atoms with van der Waals surface area (Å²) >= 11 is 3.49. The van der Waals surface area contributed by atoms with Crippen molar-refractivity contribution in [2.45, 2.75) is 38.5 Å². The van der Waals surface area contributed by atoms with E-state index in [9.17, 15) is 14.4 Å². The van der Waals surface area contributed by atoms with Gasteiger partial charge in [0.05, 0.1) is 7.11 Å². The number of nitrogens with one attached hydrogen (secondary N) is 1. The van der Waals surface area contributed by atoms with Crippen LogP contribution in [0.3, 0.4) is 0 Å². The number of fused-ring (bicyclic) bond motifs is 3. The number of methoxy groups -OCH3 is 1. The van der Waals surface area contributed by atoms with E-state index in [4.69, 9.17) is 10.5 Å². The second-order valence-corrected chi connectivity index (χ2v) is 10.2. The van der Waals surface area contributed by atoms with E-state index in [-0.39, 0.29) is 29.2 Å². The second kappa shape index (κ2) is 9.37. The largest absolute Gasteiger partial charge is 0.466 e. The molecule has 9 heteroatoms. The number of anilines is 3. The van der Waals surface area contributed by atoms with Crippen LogP contribution in [0, 0.1) is 0 Å². The van der Waals surface area contributed by atoms with Gasteiger partial charge in [0, 0.05) is 57.9 Å². The third kappa shape index (κ3) is 3.59. The molecule has 2 heterocycles. The minimum atomic E-state index is -1.69. The molecule has 8 nitrogen and oxygen atoms in total. The summed E-state index contributed by atoms with van der Waals surface area (Å²) in [5.74, 6) is -1.33. The predicted octanol–water partition coefficient (Wildman–Crippen LogP) is 4.36. The van der Waals surface area contributed by atoms with Gasteiger partial charge in [0.1, 0.15) is 16.8 Å². The summed E-state index contributed by atoms with van der Waals surface area (Å²) in [6.07, 6.45) is 1.43. The summed E-state index contributed by atoms with van der Waals surface area (Å²) in [5.41, 5.74) is 8.79. The third-order valence-electron chi connectivity index (χ3n) is 7.50. The highest BCUT2D eigenvalue weighted by atomic mass is 79.9. The molecular weight excluding hydrogens is 536 g/mol. The van der Waals surface area contributed by atoms with E-state index in [1.54, 1.807) is 23.1 Å². The highest BCUT2D eigenvalue weighted by Gasteiger charge is 2.62. The summed E-state index contributed by atoms with van der Waals surface area (Å²) in [5, 5.41) is 2.89. The molecule has 1 atom stereocenters. The van der Waals surface area contributed by atoms with Gasteiger partial charge in [-0.2, -0.15) is 0 Å². The number of rotatable bonds is 5. The molecule has 1 spiro atoms. The second-order valence-electron chi connectivity index (χ2n) is 9.27. The maximum atomic E-state index is 13.9. The molecule has 5 rings (SSSR count). The smallest absolute Gasteiger partial charge is 0.339 e. The number of nitrogens with two attached hydrogens (primary N) is 1. The number of ether oxygens (including phenoxy) is 1. The van der Waals surface area contributed by atoms with Crippen molar-refractivity contribution in [1.29, 1.82) is 0 Å². The molecule has 1 aliphatic carbocycles. The number of benzene rings is 2. The molecule has 0 aromatic heterocycles. The summed E-state index contributed by atoms with van der Waals surface area (Å²) in [6.45, 7) is 5.92. The number of Topliss-reactive ketones (excluding diaryl/α,β-unsaturated/α-hetero) is 1.